The van der Waals surface area contributed by atoms with Gasteiger partial charge in [-0.2, -0.15) is 4.98 Å². The molecular formula is C16H20N2O2. The van der Waals surface area contributed by atoms with Gasteiger partial charge >= 0.3 is 0 Å². The Morgan fingerprint density at radius 1 is 1.30 bits per heavy atom. The van der Waals surface area contributed by atoms with Crippen molar-refractivity contribution < 1.29 is 9.63 Å². The van der Waals surface area contributed by atoms with Gasteiger partial charge < -0.3 is 9.63 Å². The highest BCUT2D eigenvalue weighted by Gasteiger charge is 2.27. The highest BCUT2D eigenvalue weighted by Crippen LogP contribution is 2.36. The molecule has 0 spiro atoms. The first-order valence-corrected chi connectivity index (χ1v) is 7.28. The quantitative estimate of drug-likeness (QED) is 0.928. The summed E-state index contributed by atoms with van der Waals surface area (Å²) >= 11 is 0. The van der Waals surface area contributed by atoms with Crippen LogP contribution < -0.4 is 0 Å². The standard InChI is InChI=1S/C16H20N2O2/c1-11-7-8-13(9-11)16-17-15(20-18-16)10-14(19)12-5-3-2-4-6-12/h2-6,11,13-14,19H,7-10H2,1H3. The predicted molar refractivity (Wildman–Crippen MR) is 75.2 cm³/mol. The molecule has 1 aliphatic rings. The third kappa shape index (κ3) is 2.90. The van der Waals surface area contributed by atoms with Gasteiger partial charge in [-0.15, -0.1) is 0 Å². The number of aliphatic hydroxyl groups excluding tert-OH is 1. The van der Waals surface area contributed by atoms with Crippen LogP contribution in [0.15, 0.2) is 34.9 Å². The smallest absolute Gasteiger partial charge is 0.229 e. The number of aromatic nitrogens is 2. The van der Waals surface area contributed by atoms with E-state index < -0.39 is 6.10 Å². The zero-order valence-electron chi connectivity index (χ0n) is 11.7. The molecule has 1 saturated carbocycles. The molecule has 1 N–H and O–H groups in total. The number of hydrogen-bond donors (Lipinski definition) is 1. The van der Waals surface area contributed by atoms with Crippen LogP contribution >= 0.6 is 0 Å². The van der Waals surface area contributed by atoms with E-state index in [-0.39, 0.29) is 0 Å². The van der Waals surface area contributed by atoms with Crippen molar-refractivity contribution in [2.75, 3.05) is 0 Å². The fourth-order valence-corrected chi connectivity index (χ4v) is 2.92. The summed E-state index contributed by atoms with van der Waals surface area (Å²) in [6.07, 6.45) is 3.30. The van der Waals surface area contributed by atoms with Crippen LogP contribution in [-0.2, 0) is 6.42 Å². The van der Waals surface area contributed by atoms with Gasteiger partial charge in [-0.3, -0.25) is 0 Å². The minimum Gasteiger partial charge on any atom is -0.388 e. The Hall–Kier alpha value is -1.68. The van der Waals surface area contributed by atoms with Crippen molar-refractivity contribution in [1.29, 1.82) is 0 Å². The van der Waals surface area contributed by atoms with E-state index in [1.807, 2.05) is 30.3 Å². The first-order valence-electron chi connectivity index (χ1n) is 7.28. The lowest BCUT2D eigenvalue weighted by Crippen LogP contribution is -2.02. The zero-order valence-corrected chi connectivity index (χ0v) is 11.7. The summed E-state index contributed by atoms with van der Waals surface area (Å²) in [5.74, 6) is 2.51. The first kappa shape index (κ1) is 13.3. The Bertz CT molecular complexity index is 553. The average Bonchev–Trinajstić information content (AvgIpc) is 3.09. The first-order chi connectivity index (χ1) is 9.72. The van der Waals surface area contributed by atoms with Gasteiger partial charge in [0.2, 0.25) is 5.89 Å². The van der Waals surface area contributed by atoms with Crippen molar-refractivity contribution in [2.24, 2.45) is 5.92 Å². The van der Waals surface area contributed by atoms with Crippen molar-refractivity contribution in [2.45, 2.75) is 44.6 Å². The minimum atomic E-state index is -0.591. The molecule has 0 amide bonds. The van der Waals surface area contributed by atoms with Gasteiger partial charge in [0.15, 0.2) is 5.82 Å². The lowest BCUT2D eigenvalue weighted by molar-refractivity contribution is 0.164. The summed E-state index contributed by atoms with van der Waals surface area (Å²) in [6.45, 7) is 2.26. The Kier molecular flexibility index (Phi) is 3.83. The Labute approximate surface area is 118 Å². The van der Waals surface area contributed by atoms with Crippen LogP contribution in [0.25, 0.3) is 0 Å². The number of nitrogens with zero attached hydrogens (tertiary/aromatic N) is 2. The summed E-state index contributed by atoms with van der Waals surface area (Å²) in [4.78, 5) is 4.45. The van der Waals surface area contributed by atoms with Crippen LogP contribution in [0.3, 0.4) is 0 Å². The van der Waals surface area contributed by atoms with Crippen LogP contribution in [0.4, 0.5) is 0 Å². The monoisotopic (exact) mass is 272 g/mol. The van der Waals surface area contributed by atoms with Crippen LogP contribution in [0, 0.1) is 5.92 Å². The molecule has 20 heavy (non-hydrogen) atoms. The van der Waals surface area contributed by atoms with Gasteiger partial charge in [0, 0.05) is 5.92 Å². The second-order valence-electron chi connectivity index (χ2n) is 5.79. The highest BCUT2D eigenvalue weighted by atomic mass is 16.5. The van der Waals surface area contributed by atoms with E-state index in [4.69, 9.17) is 4.52 Å². The SMILES string of the molecule is CC1CCC(c2noc(CC(O)c3ccccc3)n2)C1. The molecule has 1 heterocycles. The third-order valence-electron chi connectivity index (χ3n) is 4.10. The fraction of sp³-hybridized carbons (Fsp3) is 0.500. The maximum Gasteiger partial charge on any atom is 0.229 e. The van der Waals surface area contributed by atoms with Crippen molar-refractivity contribution in [3.63, 3.8) is 0 Å². The molecular weight excluding hydrogens is 252 g/mol. The molecule has 1 aliphatic carbocycles. The van der Waals surface area contributed by atoms with E-state index in [1.165, 1.54) is 6.42 Å². The van der Waals surface area contributed by atoms with Gasteiger partial charge in [-0.1, -0.05) is 42.4 Å². The average molecular weight is 272 g/mol. The Morgan fingerprint density at radius 2 is 2.10 bits per heavy atom. The molecule has 3 rings (SSSR count). The van der Waals surface area contributed by atoms with Crippen molar-refractivity contribution in [1.82, 2.24) is 10.1 Å². The molecule has 4 nitrogen and oxygen atoms in total. The van der Waals surface area contributed by atoms with Gasteiger partial charge in [0.1, 0.15) is 0 Å². The molecule has 1 aromatic heterocycles. The normalized spacial score (nSPS) is 23.9. The number of hydrogen-bond acceptors (Lipinski definition) is 4. The molecule has 3 atom stereocenters. The topological polar surface area (TPSA) is 59.2 Å². The molecule has 3 unspecified atom stereocenters. The van der Waals surface area contributed by atoms with Crippen LogP contribution in [0.5, 0.6) is 0 Å². The fourth-order valence-electron chi connectivity index (χ4n) is 2.92. The summed E-state index contributed by atoms with van der Waals surface area (Å²) in [5, 5.41) is 14.2. The van der Waals surface area contributed by atoms with Crippen molar-refractivity contribution in [3.8, 4) is 0 Å². The van der Waals surface area contributed by atoms with Gasteiger partial charge in [-0.05, 0) is 30.7 Å². The minimum absolute atomic E-state index is 0.374. The predicted octanol–water partition coefficient (Wildman–Crippen LogP) is 3.25. The van der Waals surface area contributed by atoms with Crippen molar-refractivity contribution in [3.05, 3.63) is 47.6 Å². The van der Waals surface area contributed by atoms with Crippen LogP contribution in [-0.4, -0.2) is 15.2 Å². The third-order valence-corrected chi connectivity index (χ3v) is 4.10. The number of rotatable bonds is 4. The molecule has 0 bridgehead atoms. The molecule has 106 valence electrons. The summed E-state index contributed by atoms with van der Waals surface area (Å²) in [7, 11) is 0. The van der Waals surface area contributed by atoms with Gasteiger partial charge in [0.05, 0.1) is 12.5 Å². The highest BCUT2D eigenvalue weighted by molar-refractivity contribution is 5.18. The Morgan fingerprint density at radius 3 is 2.80 bits per heavy atom. The lowest BCUT2D eigenvalue weighted by Gasteiger charge is -2.07. The van der Waals surface area contributed by atoms with E-state index in [0.29, 0.717) is 18.2 Å². The molecule has 1 fully saturated rings. The molecule has 2 aromatic rings. The summed E-state index contributed by atoms with van der Waals surface area (Å²) in [5.41, 5.74) is 0.877. The van der Waals surface area contributed by atoms with Gasteiger partial charge in [-0.25, -0.2) is 0 Å². The van der Waals surface area contributed by atoms with Crippen LogP contribution in [0.2, 0.25) is 0 Å². The lowest BCUT2D eigenvalue weighted by atomic mass is 10.1. The number of aliphatic hydroxyl groups is 1. The van der Waals surface area contributed by atoms with E-state index in [2.05, 4.69) is 17.1 Å². The van der Waals surface area contributed by atoms with E-state index in [0.717, 1.165) is 30.1 Å². The largest absolute Gasteiger partial charge is 0.388 e. The zero-order chi connectivity index (χ0) is 13.9. The summed E-state index contributed by atoms with van der Waals surface area (Å²) in [6, 6.07) is 9.57. The molecule has 4 heteroatoms. The summed E-state index contributed by atoms with van der Waals surface area (Å²) < 4.78 is 5.28. The van der Waals surface area contributed by atoms with E-state index in [1.54, 1.807) is 0 Å². The second-order valence-corrected chi connectivity index (χ2v) is 5.79. The van der Waals surface area contributed by atoms with E-state index >= 15 is 0 Å². The van der Waals surface area contributed by atoms with Crippen LogP contribution in [0.1, 0.15) is 55.5 Å². The van der Waals surface area contributed by atoms with E-state index in [9.17, 15) is 5.11 Å². The Balaban J connectivity index is 1.65. The van der Waals surface area contributed by atoms with Crippen molar-refractivity contribution >= 4 is 0 Å². The molecule has 0 radical (unpaired) electrons. The molecule has 1 aromatic carbocycles. The second kappa shape index (κ2) is 5.75. The molecule has 0 saturated heterocycles. The maximum absolute atomic E-state index is 10.2. The maximum atomic E-state index is 10.2. The number of benzene rings is 1. The van der Waals surface area contributed by atoms with Gasteiger partial charge in [0.25, 0.3) is 0 Å². The molecule has 0 aliphatic heterocycles.